The number of rotatable bonds is 2. The first-order valence-electron chi connectivity index (χ1n) is 7.77. The summed E-state index contributed by atoms with van der Waals surface area (Å²) in [5, 5.41) is 3.43. The van der Waals surface area contributed by atoms with Gasteiger partial charge in [-0.2, -0.15) is 18.3 Å². The SMILES string of the molecule is Cc1ccccc1[C@@H]1CCCN1C(=O)c1cc(C(F)(F)F)nn1C. The average molecular weight is 337 g/mol. The van der Waals surface area contributed by atoms with Crippen molar-refractivity contribution < 1.29 is 18.0 Å². The first-order valence-corrected chi connectivity index (χ1v) is 7.77. The van der Waals surface area contributed by atoms with Gasteiger partial charge in [-0.05, 0) is 30.9 Å². The lowest BCUT2D eigenvalue weighted by Gasteiger charge is -2.26. The van der Waals surface area contributed by atoms with Gasteiger partial charge in [-0.15, -0.1) is 0 Å². The molecule has 2 heterocycles. The van der Waals surface area contributed by atoms with Gasteiger partial charge in [0.25, 0.3) is 5.91 Å². The maximum Gasteiger partial charge on any atom is 0.435 e. The van der Waals surface area contributed by atoms with Crippen LogP contribution in [-0.2, 0) is 13.2 Å². The summed E-state index contributed by atoms with van der Waals surface area (Å²) in [5.41, 5.74) is 1.03. The van der Waals surface area contributed by atoms with Crippen LogP contribution in [0.1, 0.15) is 46.2 Å². The molecule has 1 fully saturated rings. The number of amides is 1. The van der Waals surface area contributed by atoms with E-state index in [1.807, 2.05) is 31.2 Å². The molecule has 0 bridgehead atoms. The van der Waals surface area contributed by atoms with Crippen LogP contribution in [0.3, 0.4) is 0 Å². The molecule has 1 saturated heterocycles. The summed E-state index contributed by atoms with van der Waals surface area (Å²) in [6.45, 7) is 2.51. The van der Waals surface area contributed by atoms with Crippen molar-refractivity contribution >= 4 is 5.91 Å². The van der Waals surface area contributed by atoms with E-state index in [0.29, 0.717) is 6.54 Å². The lowest BCUT2D eigenvalue weighted by atomic mass is 9.99. The van der Waals surface area contributed by atoms with E-state index >= 15 is 0 Å². The minimum absolute atomic E-state index is 0.0391. The molecule has 0 spiro atoms. The van der Waals surface area contributed by atoms with Crippen LogP contribution in [0.25, 0.3) is 0 Å². The van der Waals surface area contributed by atoms with Crippen LogP contribution in [0.4, 0.5) is 13.2 Å². The third kappa shape index (κ3) is 2.90. The van der Waals surface area contributed by atoms with E-state index in [0.717, 1.165) is 34.7 Å². The van der Waals surface area contributed by atoms with E-state index in [2.05, 4.69) is 5.10 Å². The highest BCUT2D eigenvalue weighted by molar-refractivity contribution is 5.93. The number of alkyl halides is 3. The van der Waals surface area contributed by atoms with Crippen LogP contribution in [0.2, 0.25) is 0 Å². The number of nitrogens with zero attached hydrogens (tertiary/aromatic N) is 3. The fourth-order valence-electron chi connectivity index (χ4n) is 3.25. The molecule has 0 aliphatic carbocycles. The first-order chi connectivity index (χ1) is 11.3. The summed E-state index contributed by atoms with van der Waals surface area (Å²) in [6.07, 6.45) is -2.92. The Morgan fingerprint density at radius 2 is 2.00 bits per heavy atom. The standard InChI is InChI=1S/C17H18F3N3O/c1-11-6-3-4-7-12(11)13-8-5-9-23(13)16(24)14-10-15(17(18,19)20)21-22(14)2/h3-4,6-7,10,13H,5,8-9H2,1-2H3/t13-/m0/s1. The Kier molecular flexibility index (Phi) is 4.11. The average Bonchev–Trinajstić information content (AvgIpc) is 3.13. The smallest absolute Gasteiger partial charge is 0.330 e. The number of aromatic nitrogens is 2. The molecule has 3 rings (SSSR count). The molecule has 1 aromatic heterocycles. The quantitative estimate of drug-likeness (QED) is 0.838. The van der Waals surface area contributed by atoms with Crippen molar-refractivity contribution in [3.05, 3.63) is 52.8 Å². The minimum atomic E-state index is -4.56. The van der Waals surface area contributed by atoms with E-state index in [9.17, 15) is 18.0 Å². The largest absolute Gasteiger partial charge is 0.435 e. The van der Waals surface area contributed by atoms with Crippen LogP contribution in [0, 0.1) is 6.92 Å². The molecule has 0 unspecified atom stereocenters. The maximum absolute atomic E-state index is 12.8. The minimum Gasteiger partial charge on any atom is -0.330 e. The molecular weight excluding hydrogens is 319 g/mol. The van der Waals surface area contributed by atoms with Gasteiger partial charge in [-0.1, -0.05) is 24.3 Å². The predicted molar refractivity (Wildman–Crippen MR) is 82.4 cm³/mol. The van der Waals surface area contributed by atoms with Gasteiger partial charge in [0.2, 0.25) is 0 Å². The molecule has 1 aliphatic rings. The summed E-state index contributed by atoms with van der Waals surface area (Å²) < 4.78 is 39.5. The molecule has 7 heteroatoms. The highest BCUT2D eigenvalue weighted by Gasteiger charge is 2.38. The van der Waals surface area contributed by atoms with Crippen molar-refractivity contribution in [1.82, 2.24) is 14.7 Å². The Bertz CT molecular complexity index is 767. The lowest BCUT2D eigenvalue weighted by molar-refractivity contribution is -0.141. The third-order valence-electron chi connectivity index (χ3n) is 4.45. The fourth-order valence-corrected chi connectivity index (χ4v) is 3.25. The molecule has 1 atom stereocenters. The Hall–Kier alpha value is -2.31. The Balaban J connectivity index is 1.92. The van der Waals surface area contributed by atoms with Gasteiger partial charge in [0.05, 0.1) is 6.04 Å². The van der Waals surface area contributed by atoms with Crippen molar-refractivity contribution in [3.8, 4) is 0 Å². The van der Waals surface area contributed by atoms with Crippen LogP contribution >= 0.6 is 0 Å². The zero-order valence-electron chi connectivity index (χ0n) is 13.5. The highest BCUT2D eigenvalue weighted by atomic mass is 19.4. The zero-order valence-corrected chi connectivity index (χ0v) is 13.5. The number of carbonyl (C=O) groups excluding carboxylic acids is 1. The van der Waals surface area contributed by atoms with Gasteiger partial charge in [0.1, 0.15) is 5.69 Å². The summed E-state index contributed by atoms with van der Waals surface area (Å²) in [6, 6.07) is 8.50. The van der Waals surface area contributed by atoms with E-state index in [-0.39, 0.29) is 11.7 Å². The Morgan fingerprint density at radius 1 is 1.29 bits per heavy atom. The highest BCUT2D eigenvalue weighted by Crippen LogP contribution is 2.35. The molecule has 0 saturated carbocycles. The van der Waals surface area contributed by atoms with E-state index in [1.165, 1.54) is 7.05 Å². The van der Waals surface area contributed by atoms with E-state index in [4.69, 9.17) is 0 Å². The zero-order chi connectivity index (χ0) is 17.5. The number of halogens is 3. The molecule has 24 heavy (non-hydrogen) atoms. The number of hydrogen-bond donors (Lipinski definition) is 0. The molecule has 1 aliphatic heterocycles. The number of likely N-dealkylation sites (tertiary alicyclic amines) is 1. The summed E-state index contributed by atoms with van der Waals surface area (Å²) in [7, 11) is 1.36. The molecule has 0 N–H and O–H groups in total. The van der Waals surface area contributed by atoms with E-state index in [1.54, 1.807) is 4.90 Å². The van der Waals surface area contributed by atoms with Gasteiger partial charge in [0, 0.05) is 19.7 Å². The van der Waals surface area contributed by atoms with Crippen molar-refractivity contribution in [1.29, 1.82) is 0 Å². The molecule has 128 valence electrons. The molecule has 1 aromatic carbocycles. The Labute approximate surface area is 137 Å². The third-order valence-corrected chi connectivity index (χ3v) is 4.45. The number of hydrogen-bond acceptors (Lipinski definition) is 2. The second-order valence-electron chi connectivity index (χ2n) is 6.05. The van der Waals surface area contributed by atoms with Crippen LogP contribution < -0.4 is 0 Å². The summed E-state index contributed by atoms with van der Waals surface area (Å²) in [5.74, 6) is -0.411. The van der Waals surface area contributed by atoms with Crippen LogP contribution in [0.15, 0.2) is 30.3 Å². The molecule has 1 amide bonds. The van der Waals surface area contributed by atoms with Gasteiger partial charge >= 0.3 is 6.18 Å². The topological polar surface area (TPSA) is 38.1 Å². The number of benzene rings is 1. The molecule has 0 radical (unpaired) electrons. The van der Waals surface area contributed by atoms with Crippen molar-refractivity contribution in [2.45, 2.75) is 32.0 Å². The predicted octanol–water partition coefficient (Wildman–Crippen LogP) is 3.72. The normalized spacial score (nSPS) is 18.2. The van der Waals surface area contributed by atoms with Gasteiger partial charge < -0.3 is 4.90 Å². The molecular formula is C17H18F3N3O. The molecule has 4 nitrogen and oxygen atoms in total. The summed E-state index contributed by atoms with van der Waals surface area (Å²) in [4.78, 5) is 14.5. The second kappa shape index (κ2) is 5.96. The van der Waals surface area contributed by atoms with Gasteiger partial charge in [-0.25, -0.2) is 0 Å². The van der Waals surface area contributed by atoms with Crippen molar-refractivity contribution in [2.24, 2.45) is 7.05 Å². The molecule has 2 aromatic rings. The van der Waals surface area contributed by atoms with Crippen molar-refractivity contribution in [2.75, 3.05) is 6.54 Å². The Morgan fingerprint density at radius 3 is 2.62 bits per heavy atom. The lowest BCUT2D eigenvalue weighted by Crippen LogP contribution is -2.32. The number of aryl methyl sites for hydroxylation is 2. The van der Waals surface area contributed by atoms with Crippen molar-refractivity contribution in [3.63, 3.8) is 0 Å². The van der Waals surface area contributed by atoms with Crippen LogP contribution in [0.5, 0.6) is 0 Å². The fraction of sp³-hybridized carbons (Fsp3) is 0.412. The number of carbonyl (C=O) groups is 1. The monoisotopic (exact) mass is 337 g/mol. The summed E-state index contributed by atoms with van der Waals surface area (Å²) >= 11 is 0. The van der Waals surface area contributed by atoms with E-state index < -0.39 is 17.8 Å². The van der Waals surface area contributed by atoms with Gasteiger partial charge in [0.15, 0.2) is 5.69 Å². The van der Waals surface area contributed by atoms with Gasteiger partial charge in [-0.3, -0.25) is 9.48 Å². The second-order valence-corrected chi connectivity index (χ2v) is 6.05. The van der Waals surface area contributed by atoms with Crippen LogP contribution in [-0.4, -0.2) is 27.1 Å². The maximum atomic E-state index is 12.8. The first kappa shape index (κ1) is 16.5.